The highest BCUT2D eigenvalue weighted by molar-refractivity contribution is 6.05. The highest BCUT2D eigenvalue weighted by Crippen LogP contribution is 2.23. The van der Waals surface area contributed by atoms with E-state index in [1.807, 2.05) is 13.8 Å². The van der Waals surface area contributed by atoms with Crippen molar-refractivity contribution in [2.45, 2.75) is 33.1 Å². The number of carbonyl (C=O) groups excluding carboxylic acids is 1. The average Bonchev–Trinajstić information content (AvgIpc) is 2.80. The molecule has 2 aromatic rings. The number of carbonyl (C=O) groups is 2. The molecule has 0 unspecified atom stereocenters. The summed E-state index contributed by atoms with van der Waals surface area (Å²) in [5.74, 6) is 0.376. The van der Waals surface area contributed by atoms with E-state index >= 15 is 0 Å². The molecule has 0 saturated heterocycles. The summed E-state index contributed by atoms with van der Waals surface area (Å²) in [5, 5.41) is 11.6. The van der Waals surface area contributed by atoms with Crippen LogP contribution in [0.2, 0.25) is 0 Å². The first-order valence-corrected chi connectivity index (χ1v) is 7.09. The van der Waals surface area contributed by atoms with Crippen LogP contribution in [0.3, 0.4) is 0 Å². The van der Waals surface area contributed by atoms with Crippen molar-refractivity contribution in [3.8, 4) is 0 Å². The molecule has 0 atom stereocenters. The van der Waals surface area contributed by atoms with Gasteiger partial charge in [0, 0.05) is 11.6 Å². The number of carboxylic acids is 1. The quantitative estimate of drug-likeness (QED) is 0.884. The normalized spacial score (nSPS) is 10.7. The number of anilines is 1. The van der Waals surface area contributed by atoms with Crippen LogP contribution in [0.1, 0.15) is 47.2 Å². The fourth-order valence-electron chi connectivity index (χ4n) is 2.15. The van der Waals surface area contributed by atoms with Gasteiger partial charge in [-0.2, -0.15) is 0 Å². The van der Waals surface area contributed by atoms with Crippen molar-refractivity contribution < 1.29 is 19.1 Å². The van der Waals surface area contributed by atoms with Crippen molar-refractivity contribution >= 4 is 17.6 Å². The molecule has 0 spiro atoms. The monoisotopic (exact) mass is 301 g/mol. The second kappa shape index (κ2) is 6.47. The van der Waals surface area contributed by atoms with Gasteiger partial charge in [0.05, 0.1) is 12.0 Å². The largest absolute Gasteiger partial charge is 0.481 e. The number of hydrogen-bond acceptors (Lipinski definition) is 3. The minimum atomic E-state index is -0.907. The van der Waals surface area contributed by atoms with E-state index < -0.39 is 5.97 Å². The van der Waals surface area contributed by atoms with E-state index in [9.17, 15) is 9.59 Å². The Morgan fingerprint density at radius 1 is 1.27 bits per heavy atom. The molecule has 5 heteroatoms. The number of amides is 1. The maximum Gasteiger partial charge on any atom is 0.307 e. The molecule has 22 heavy (non-hydrogen) atoms. The van der Waals surface area contributed by atoms with Gasteiger partial charge in [0.1, 0.15) is 11.5 Å². The first-order chi connectivity index (χ1) is 10.4. The minimum Gasteiger partial charge on any atom is -0.481 e. The van der Waals surface area contributed by atoms with Crippen molar-refractivity contribution in [3.05, 3.63) is 53.0 Å². The molecule has 2 rings (SSSR count). The predicted molar refractivity (Wildman–Crippen MR) is 83.3 cm³/mol. The van der Waals surface area contributed by atoms with Crippen molar-refractivity contribution in [1.29, 1.82) is 0 Å². The summed E-state index contributed by atoms with van der Waals surface area (Å²) in [6.45, 7) is 5.74. The number of nitrogens with one attached hydrogen (secondary N) is 1. The van der Waals surface area contributed by atoms with Crippen molar-refractivity contribution in [3.63, 3.8) is 0 Å². The van der Waals surface area contributed by atoms with Crippen LogP contribution in [-0.4, -0.2) is 17.0 Å². The van der Waals surface area contributed by atoms with Crippen molar-refractivity contribution in [2.75, 3.05) is 5.32 Å². The van der Waals surface area contributed by atoms with Crippen LogP contribution in [0.25, 0.3) is 0 Å². The molecule has 0 bridgehead atoms. The predicted octanol–water partition coefficient (Wildman–Crippen LogP) is 3.59. The Morgan fingerprint density at radius 2 is 2.00 bits per heavy atom. The molecule has 0 fully saturated rings. The van der Waals surface area contributed by atoms with E-state index in [0.29, 0.717) is 22.6 Å². The van der Waals surface area contributed by atoms with Gasteiger partial charge in [0.2, 0.25) is 0 Å². The van der Waals surface area contributed by atoms with Crippen LogP contribution < -0.4 is 5.32 Å². The van der Waals surface area contributed by atoms with Gasteiger partial charge >= 0.3 is 5.97 Å². The van der Waals surface area contributed by atoms with Gasteiger partial charge in [-0.1, -0.05) is 26.0 Å². The third-order valence-electron chi connectivity index (χ3n) is 3.29. The number of rotatable bonds is 5. The van der Waals surface area contributed by atoms with Crippen LogP contribution in [0.15, 0.2) is 34.7 Å². The summed E-state index contributed by atoms with van der Waals surface area (Å²) < 4.78 is 5.57. The Kier molecular flexibility index (Phi) is 4.65. The number of carboxylic acid groups (broad SMARTS) is 1. The van der Waals surface area contributed by atoms with Crippen LogP contribution >= 0.6 is 0 Å². The fourth-order valence-corrected chi connectivity index (χ4v) is 2.15. The van der Waals surface area contributed by atoms with Gasteiger partial charge in [0.25, 0.3) is 5.91 Å². The lowest BCUT2D eigenvalue weighted by Gasteiger charge is -2.06. The Labute approximate surface area is 129 Å². The zero-order chi connectivity index (χ0) is 16.3. The highest BCUT2D eigenvalue weighted by Gasteiger charge is 2.16. The Bertz CT molecular complexity index is 700. The number of aliphatic carboxylic acids is 1. The zero-order valence-electron chi connectivity index (χ0n) is 12.8. The summed E-state index contributed by atoms with van der Waals surface area (Å²) in [6.07, 6.45) is -0.0774. The Balaban J connectivity index is 2.16. The first kappa shape index (κ1) is 15.8. The lowest BCUT2D eigenvalue weighted by molar-refractivity contribution is -0.136. The SMILES string of the molecule is Cc1oc(C(C)C)cc1C(=O)Nc1cccc(CC(=O)O)c1. The van der Waals surface area contributed by atoms with Crippen LogP contribution in [0.5, 0.6) is 0 Å². The molecule has 1 aromatic carbocycles. The Morgan fingerprint density at radius 3 is 2.59 bits per heavy atom. The number of furan rings is 1. The molecular formula is C17H19NO4. The topological polar surface area (TPSA) is 79.5 Å². The molecule has 1 aromatic heterocycles. The Hall–Kier alpha value is -2.56. The van der Waals surface area contributed by atoms with E-state index in [2.05, 4.69) is 5.32 Å². The summed E-state index contributed by atoms with van der Waals surface area (Å²) in [6, 6.07) is 8.56. The summed E-state index contributed by atoms with van der Waals surface area (Å²) in [4.78, 5) is 23.1. The molecule has 0 saturated carbocycles. The third kappa shape index (κ3) is 3.75. The van der Waals surface area contributed by atoms with Gasteiger partial charge < -0.3 is 14.8 Å². The average molecular weight is 301 g/mol. The second-order valence-corrected chi connectivity index (χ2v) is 5.50. The first-order valence-electron chi connectivity index (χ1n) is 7.09. The fraction of sp³-hybridized carbons (Fsp3) is 0.294. The van der Waals surface area contributed by atoms with Crippen LogP contribution in [0, 0.1) is 6.92 Å². The van der Waals surface area contributed by atoms with Crippen molar-refractivity contribution in [1.82, 2.24) is 0 Å². The molecule has 0 aliphatic carbocycles. The number of hydrogen-bond donors (Lipinski definition) is 2. The number of aryl methyl sites for hydroxylation is 1. The van der Waals surface area contributed by atoms with Crippen LogP contribution in [0.4, 0.5) is 5.69 Å². The third-order valence-corrected chi connectivity index (χ3v) is 3.29. The van der Waals surface area contributed by atoms with E-state index in [-0.39, 0.29) is 18.2 Å². The minimum absolute atomic E-state index is 0.0774. The van der Waals surface area contributed by atoms with E-state index in [1.165, 1.54) is 0 Å². The molecule has 0 radical (unpaired) electrons. The molecule has 1 heterocycles. The zero-order valence-corrected chi connectivity index (χ0v) is 12.8. The molecule has 0 aliphatic rings. The standard InChI is InChI=1S/C17H19NO4/c1-10(2)15-9-14(11(3)22-15)17(21)18-13-6-4-5-12(7-13)8-16(19)20/h4-7,9-10H,8H2,1-3H3,(H,18,21)(H,19,20). The molecular weight excluding hydrogens is 282 g/mol. The molecule has 2 N–H and O–H groups in total. The summed E-state index contributed by atoms with van der Waals surface area (Å²) in [5.41, 5.74) is 1.69. The van der Waals surface area contributed by atoms with Crippen LogP contribution in [-0.2, 0) is 11.2 Å². The maximum absolute atomic E-state index is 12.3. The molecule has 5 nitrogen and oxygen atoms in total. The van der Waals surface area contributed by atoms with Gasteiger partial charge in [-0.25, -0.2) is 0 Å². The lowest BCUT2D eigenvalue weighted by atomic mass is 10.1. The summed E-state index contributed by atoms with van der Waals surface area (Å²) in [7, 11) is 0. The highest BCUT2D eigenvalue weighted by atomic mass is 16.4. The molecule has 1 amide bonds. The van der Waals surface area contributed by atoms with Gasteiger partial charge in [-0.15, -0.1) is 0 Å². The van der Waals surface area contributed by atoms with Gasteiger partial charge in [-0.05, 0) is 30.7 Å². The van der Waals surface area contributed by atoms with Gasteiger partial charge in [0.15, 0.2) is 0 Å². The maximum atomic E-state index is 12.3. The van der Waals surface area contributed by atoms with Crippen molar-refractivity contribution in [2.24, 2.45) is 0 Å². The molecule has 116 valence electrons. The van der Waals surface area contributed by atoms with Gasteiger partial charge in [-0.3, -0.25) is 9.59 Å². The van der Waals surface area contributed by atoms with E-state index in [4.69, 9.17) is 9.52 Å². The second-order valence-electron chi connectivity index (χ2n) is 5.50. The lowest BCUT2D eigenvalue weighted by Crippen LogP contribution is -2.12. The van der Waals surface area contributed by atoms with E-state index in [0.717, 1.165) is 5.76 Å². The van der Waals surface area contributed by atoms with E-state index in [1.54, 1.807) is 37.3 Å². The smallest absolute Gasteiger partial charge is 0.307 e. The molecule has 0 aliphatic heterocycles. The summed E-state index contributed by atoms with van der Waals surface area (Å²) >= 11 is 0. The number of benzene rings is 1.